The number of amidine groups is 1. The minimum absolute atomic E-state index is 0.495. The van der Waals surface area contributed by atoms with E-state index in [9.17, 15) is 4.79 Å². The van der Waals surface area contributed by atoms with Crippen molar-refractivity contribution in [2.24, 2.45) is 4.99 Å². The third-order valence-corrected chi connectivity index (χ3v) is 8.35. The van der Waals surface area contributed by atoms with E-state index < -0.39 is 5.54 Å². The molecule has 0 bridgehead atoms. The van der Waals surface area contributed by atoms with Gasteiger partial charge in [-0.1, -0.05) is 55.4 Å². The Morgan fingerprint density at radius 1 is 1.17 bits per heavy atom. The molecular formula is C33H46N4O4S. The summed E-state index contributed by atoms with van der Waals surface area (Å²) in [6.45, 7) is 12.4. The number of hydrogen-bond acceptors (Lipinski definition) is 8. The molecule has 0 spiro atoms. The molecule has 3 aromatic rings. The summed E-state index contributed by atoms with van der Waals surface area (Å²) < 4.78 is 19.9. The molecule has 8 nitrogen and oxygen atoms in total. The second kappa shape index (κ2) is 16.5. The SMILES string of the molecule is CCCC(=NC(C=O)(CC)CCOC)N(C)Cc1ccc(-c2ccccc2SNc2noc(C)c2C)c(COCC)c1. The summed E-state index contributed by atoms with van der Waals surface area (Å²) in [5, 5.41) is 4.14. The third kappa shape index (κ3) is 8.69. The van der Waals surface area contributed by atoms with Crippen LogP contribution in [0.3, 0.4) is 0 Å². The largest absolute Gasteiger partial charge is 0.385 e. The van der Waals surface area contributed by atoms with Crippen molar-refractivity contribution in [2.75, 3.05) is 32.1 Å². The first-order chi connectivity index (χ1) is 20.3. The molecule has 0 aliphatic carbocycles. The van der Waals surface area contributed by atoms with Crippen LogP contribution < -0.4 is 4.72 Å². The van der Waals surface area contributed by atoms with E-state index >= 15 is 0 Å². The lowest BCUT2D eigenvalue weighted by Gasteiger charge is -2.28. The molecule has 0 aliphatic heterocycles. The van der Waals surface area contributed by atoms with Crippen molar-refractivity contribution in [1.82, 2.24) is 10.1 Å². The lowest BCUT2D eigenvalue weighted by atomic mass is 9.94. The summed E-state index contributed by atoms with van der Waals surface area (Å²) >= 11 is 1.52. The first-order valence-corrected chi connectivity index (χ1v) is 15.5. The van der Waals surface area contributed by atoms with E-state index in [4.69, 9.17) is 19.0 Å². The molecule has 0 saturated heterocycles. The number of nitrogens with one attached hydrogen (secondary N) is 1. The Morgan fingerprint density at radius 3 is 2.60 bits per heavy atom. The van der Waals surface area contributed by atoms with Crippen LogP contribution in [0.5, 0.6) is 0 Å². The zero-order valence-electron chi connectivity index (χ0n) is 26.2. The Kier molecular flexibility index (Phi) is 13.1. The quantitative estimate of drug-likeness (QED) is 0.0739. The van der Waals surface area contributed by atoms with Crippen molar-refractivity contribution in [1.29, 1.82) is 0 Å². The number of anilines is 1. The van der Waals surface area contributed by atoms with Crippen LogP contribution in [0.25, 0.3) is 11.1 Å². The van der Waals surface area contributed by atoms with Crippen molar-refractivity contribution in [3.63, 3.8) is 0 Å². The van der Waals surface area contributed by atoms with Crippen LogP contribution in [0.2, 0.25) is 0 Å². The van der Waals surface area contributed by atoms with Crippen molar-refractivity contribution in [3.05, 3.63) is 64.9 Å². The zero-order valence-corrected chi connectivity index (χ0v) is 27.0. The second-order valence-corrected chi connectivity index (χ2v) is 11.3. The predicted molar refractivity (Wildman–Crippen MR) is 172 cm³/mol. The normalized spacial score (nSPS) is 13.2. The van der Waals surface area contributed by atoms with Gasteiger partial charge >= 0.3 is 0 Å². The van der Waals surface area contributed by atoms with Gasteiger partial charge in [0.1, 0.15) is 23.4 Å². The van der Waals surface area contributed by atoms with Gasteiger partial charge in [-0.05, 0) is 73.9 Å². The third-order valence-electron chi connectivity index (χ3n) is 7.48. The van der Waals surface area contributed by atoms with Gasteiger partial charge < -0.3 is 28.4 Å². The summed E-state index contributed by atoms with van der Waals surface area (Å²) in [4.78, 5) is 20.4. The number of aldehydes is 1. The van der Waals surface area contributed by atoms with Crippen LogP contribution in [0.1, 0.15) is 68.9 Å². The number of carbonyl (C=O) groups excluding carboxylic acids is 1. The average molecular weight is 595 g/mol. The molecule has 1 N–H and O–H groups in total. The molecule has 0 saturated carbocycles. The Morgan fingerprint density at radius 2 is 1.95 bits per heavy atom. The van der Waals surface area contributed by atoms with E-state index in [-0.39, 0.29) is 0 Å². The maximum Gasteiger partial charge on any atom is 0.182 e. The maximum atomic E-state index is 12.2. The number of hydrogen-bond donors (Lipinski definition) is 1. The van der Waals surface area contributed by atoms with Crippen molar-refractivity contribution >= 4 is 29.9 Å². The fraction of sp³-hybridized carbons (Fsp3) is 0.485. The van der Waals surface area contributed by atoms with E-state index in [0.29, 0.717) is 39.2 Å². The number of nitrogens with zero attached hydrogens (tertiary/aromatic N) is 3. The number of aryl methyl sites for hydroxylation is 1. The molecular weight excluding hydrogens is 548 g/mol. The van der Waals surface area contributed by atoms with Gasteiger partial charge in [0.15, 0.2) is 5.82 Å². The Balaban J connectivity index is 1.91. The maximum absolute atomic E-state index is 12.2. The van der Waals surface area contributed by atoms with Crippen molar-refractivity contribution in [2.45, 2.75) is 83.9 Å². The molecule has 1 atom stereocenters. The zero-order chi connectivity index (χ0) is 30.5. The van der Waals surface area contributed by atoms with Crippen molar-refractivity contribution < 1.29 is 18.8 Å². The molecule has 228 valence electrons. The number of benzene rings is 2. The smallest absolute Gasteiger partial charge is 0.182 e. The van der Waals surface area contributed by atoms with E-state index in [0.717, 1.165) is 69.3 Å². The summed E-state index contributed by atoms with van der Waals surface area (Å²) in [6.07, 6.45) is 3.93. The molecule has 9 heteroatoms. The van der Waals surface area contributed by atoms with Crippen LogP contribution >= 0.6 is 11.9 Å². The average Bonchev–Trinajstić information content (AvgIpc) is 3.33. The topological polar surface area (TPSA) is 89.2 Å². The highest BCUT2D eigenvalue weighted by atomic mass is 32.2. The molecule has 1 aromatic heterocycles. The molecule has 0 aliphatic rings. The van der Waals surface area contributed by atoms with Gasteiger partial charge in [0.25, 0.3) is 0 Å². The van der Waals surface area contributed by atoms with Crippen molar-refractivity contribution in [3.8, 4) is 11.1 Å². The van der Waals surface area contributed by atoms with Gasteiger partial charge in [0.2, 0.25) is 0 Å². The van der Waals surface area contributed by atoms with Gasteiger partial charge in [-0.2, -0.15) is 0 Å². The minimum atomic E-state index is -0.766. The Bertz CT molecular complexity index is 1330. The molecule has 0 fully saturated rings. The molecule has 1 unspecified atom stereocenters. The fourth-order valence-electron chi connectivity index (χ4n) is 4.67. The highest BCUT2D eigenvalue weighted by Crippen LogP contribution is 2.35. The van der Waals surface area contributed by atoms with Gasteiger partial charge in [0, 0.05) is 57.2 Å². The molecule has 0 amide bonds. The van der Waals surface area contributed by atoms with Crippen LogP contribution in [0.15, 0.2) is 56.9 Å². The first-order valence-electron chi connectivity index (χ1n) is 14.7. The van der Waals surface area contributed by atoms with E-state index in [1.165, 1.54) is 11.9 Å². The van der Waals surface area contributed by atoms with Gasteiger partial charge in [-0.25, -0.2) is 0 Å². The van der Waals surface area contributed by atoms with E-state index in [1.807, 2.05) is 33.8 Å². The summed E-state index contributed by atoms with van der Waals surface area (Å²) in [5.41, 5.74) is 4.75. The minimum Gasteiger partial charge on any atom is -0.385 e. The lowest BCUT2D eigenvalue weighted by Crippen LogP contribution is -2.35. The fourth-order valence-corrected chi connectivity index (χ4v) is 5.50. The first kappa shape index (κ1) is 33.4. The van der Waals surface area contributed by atoms with Crippen LogP contribution in [0, 0.1) is 13.8 Å². The Labute approximate surface area is 255 Å². The highest BCUT2D eigenvalue weighted by Gasteiger charge is 2.28. The number of rotatable bonds is 17. The summed E-state index contributed by atoms with van der Waals surface area (Å²) in [5.74, 6) is 2.47. The molecule has 1 heterocycles. The summed E-state index contributed by atoms with van der Waals surface area (Å²) in [6, 6.07) is 14.9. The monoisotopic (exact) mass is 594 g/mol. The van der Waals surface area contributed by atoms with E-state index in [1.54, 1.807) is 7.11 Å². The Hall–Kier alpha value is -3.14. The van der Waals surface area contributed by atoms with Gasteiger partial charge in [-0.3, -0.25) is 4.99 Å². The second-order valence-electron chi connectivity index (χ2n) is 10.5. The van der Waals surface area contributed by atoms with Gasteiger partial charge in [0.05, 0.1) is 6.61 Å². The van der Waals surface area contributed by atoms with Gasteiger partial charge in [-0.15, -0.1) is 0 Å². The highest BCUT2D eigenvalue weighted by molar-refractivity contribution is 8.00. The van der Waals surface area contributed by atoms with E-state index in [2.05, 4.69) is 65.1 Å². The molecule has 3 rings (SSSR count). The predicted octanol–water partition coefficient (Wildman–Crippen LogP) is 7.63. The lowest BCUT2D eigenvalue weighted by molar-refractivity contribution is -0.112. The number of ether oxygens (including phenoxy) is 2. The molecule has 0 radical (unpaired) electrons. The van der Waals surface area contributed by atoms with Crippen LogP contribution in [-0.2, 0) is 27.4 Å². The number of carbonyl (C=O) groups is 1. The number of aliphatic imine (C=N–C) groups is 1. The van der Waals surface area contributed by atoms with Crippen LogP contribution in [0.4, 0.5) is 5.82 Å². The molecule has 2 aromatic carbocycles. The van der Waals surface area contributed by atoms with Crippen LogP contribution in [-0.4, -0.2) is 55.1 Å². The number of methoxy groups -OCH3 is 1. The number of aromatic nitrogens is 1. The summed E-state index contributed by atoms with van der Waals surface area (Å²) in [7, 11) is 3.71. The standard InChI is InChI=1S/C33H46N4O4S/c1-8-13-31(34-33(9-2,23-38)18-19-39-7)37(6)21-26-16-17-28(27(20-26)22-40-10-3)29-14-11-12-15-30(29)42-36-32-24(4)25(5)41-35-32/h11-12,14-17,20,23H,8-10,13,18-19,21-22H2,1-7H3,(H,35,36). The molecule has 42 heavy (non-hydrogen) atoms.